The Balaban J connectivity index is 1.62. The zero-order chi connectivity index (χ0) is 22.9. The molecule has 0 aliphatic rings. The molecule has 0 nitrogen and oxygen atoms in total. The molecule has 0 fully saturated rings. The van der Waals surface area contributed by atoms with Gasteiger partial charge < -0.3 is 0 Å². The van der Waals surface area contributed by atoms with E-state index < -0.39 is 0 Å². The van der Waals surface area contributed by atoms with Crippen molar-refractivity contribution < 1.29 is 17.6 Å². The maximum Gasteiger partial charge on any atom is 0.177 e. The van der Waals surface area contributed by atoms with E-state index in [4.69, 9.17) is 0 Å². The van der Waals surface area contributed by atoms with Crippen LogP contribution in [-0.4, -0.2) is 0 Å². The predicted molar refractivity (Wildman–Crippen MR) is 140 cm³/mol. The molecule has 4 aromatic carbocycles. The highest BCUT2D eigenvalue weighted by Crippen LogP contribution is 2.46. The van der Waals surface area contributed by atoms with Gasteiger partial charge in [-0.2, -0.15) is 17.6 Å². The van der Waals surface area contributed by atoms with E-state index in [0.717, 1.165) is 96.5 Å². The van der Waals surface area contributed by atoms with Gasteiger partial charge in [0.1, 0.15) is 0 Å². The van der Waals surface area contributed by atoms with Crippen LogP contribution in [0.3, 0.4) is 0 Å². The highest BCUT2D eigenvalue weighted by atomic mass is 32.1. The molecule has 0 N–H and O–H groups in total. The van der Waals surface area contributed by atoms with Crippen molar-refractivity contribution in [1.29, 1.82) is 0 Å². The molecule has 0 aliphatic carbocycles. The van der Waals surface area contributed by atoms with Crippen molar-refractivity contribution in [2.45, 2.75) is 0 Å². The summed E-state index contributed by atoms with van der Waals surface area (Å²) in [6, 6.07) is 13.9. The molecule has 0 atom stereocenters. The first-order valence-corrected chi connectivity index (χ1v) is 13.5. The predicted octanol–water partition coefficient (Wildman–Crippen LogP) is 10.6. The van der Waals surface area contributed by atoms with Crippen molar-refractivity contribution in [3.63, 3.8) is 0 Å². The van der Waals surface area contributed by atoms with Gasteiger partial charge in [-0.05, 0) is 59.3 Å². The summed E-state index contributed by atoms with van der Waals surface area (Å²) in [5.41, 5.74) is 0. The minimum atomic E-state index is -0.313. The molecule has 4 heterocycles. The van der Waals surface area contributed by atoms with Gasteiger partial charge in [-0.3, -0.25) is 0 Å². The van der Waals surface area contributed by atoms with Crippen LogP contribution in [0.2, 0.25) is 0 Å². The van der Waals surface area contributed by atoms with Gasteiger partial charge in [0.25, 0.3) is 0 Å². The summed E-state index contributed by atoms with van der Waals surface area (Å²) in [5.74, 6) is 0. The summed E-state index contributed by atoms with van der Waals surface area (Å²) in [4.78, 5) is 0. The van der Waals surface area contributed by atoms with Gasteiger partial charge >= 0.3 is 0 Å². The van der Waals surface area contributed by atoms with E-state index in [-0.39, 0.29) is 20.5 Å². The quantitative estimate of drug-likeness (QED) is 0.137. The summed E-state index contributed by atoms with van der Waals surface area (Å²) >= 11 is 4.23. The zero-order valence-corrected chi connectivity index (χ0v) is 20.0. The fourth-order valence-corrected chi connectivity index (χ4v) is 8.86. The van der Waals surface area contributed by atoms with E-state index in [0.29, 0.717) is 21.5 Å². The van der Waals surface area contributed by atoms with Crippen molar-refractivity contribution in [1.82, 2.24) is 0 Å². The monoisotopic (exact) mass is 524 g/mol. The number of rotatable bonds is 0. The zero-order valence-electron chi connectivity index (χ0n) is 16.8. The lowest BCUT2D eigenvalue weighted by Gasteiger charge is -2.09. The molecule has 0 saturated carbocycles. The van der Waals surface area contributed by atoms with Crippen LogP contribution in [0.15, 0.2) is 48.5 Å². The van der Waals surface area contributed by atoms with Crippen LogP contribution < -0.4 is 0 Å². The van der Waals surface area contributed by atoms with Crippen LogP contribution in [0, 0.1) is 20.5 Å². The number of fused-ring (bicyclic) bond motifs is 13. The van der Waals surface area contributed by atoms with Crippen LogP contribution in [0.5, 0.6) is 0 Å². The minimum absolute atomic E-state index is 0.313. The Kier molecular flexibility index (Phi) is 3.71. The Morgan fingerprint density at radius 3 is 0.765 bits per heavy atom. The maximum atomic E-state index is 14.3. The first-order valence-electron chi connectivity index (χ1n) is 10.3. The van der Waals surface area contributed by atoms with E-state index in [1.165, 1.54) is 24.3 Å². The van der Waals surface area contributed by atoms with E-state index in [1.54, 1.807) is 0 Å². The molecule has 0 aliphatic heterocycles. The first kappa shape index (κ1) is 19.5. The molecule has 0 radical (unpaired) electrons. The van der Waals surface area contributed by atoms with Gasteiger partial charge in [0.05, 0.1) is 0 Å². The fourth-order valence-electron chi connectivity index (χ4n) is 5.15. The molecular formula is C26H8F4S4. The summed E-state index contributed by atoms with van der Waals surface area (Å²) in [5, 5.41) is 6.88. The van der Waals surface area contributed by atoms with Crippen LogP contribution in [0.25, 0.3) is 72.7 Å². The van der Waals surface area contributed by atoms with Crippen molar-refractivity contribution in [2.24, 2.45) is 0 Å². The lowest BCUT2D eigenvalue weighted by molar-refractivity contribution is 0.657. The van der Waals surface area contributed by atoms with Crippen molar-refractivity contribution in [3.8, 4) is 0 Å². The maximum absolute atomic E-state index is 14.3. The van der Waals surface area contributed by atoms with Gasteiger partial charge in [-0.15, -0.1) is 45.3 Å². The van der Waals surface area contributed by atoms with E-state index in [9.17, 15) is 17.6 Å². The third-order valence-corrected chi connectivity index (χ3v) is 10.3. The number of hydrogen-bond donors (Lipinski definition) is 0. The molecular weight excluding hydrogens is 517 g/mol. The van der Waals surface area contributed by atoms with E-state index in [1.807, 2.05) is 24.3 Å². The van der Waals surface area contributed by atoms with E-state index in [2.05, 4.69) is 0 Å². The van der Waals surface area contributed by atoms with Crippen molar-refractivity contribution >= 4 is 118 Å². The smallest absolute Gasteiger partial charge is 0.177 e. The number of thiophene rings is 4. The summed E-state index contributed by atoms with van der Waals surface area (Å²) in [6.45, 7) is 0. The minimum Gasteiger partial charge on any atom is -0.195 e. The SMILES string of the molecule is Fc1cc2c3cc(F)sc3c3cc4cc5c(cc4cc3c2s1)c1sc(F)cc1c1cc(F)sc15. The third-order valence-electron chi connectivity index (χ3n) is 6.48. The summed E-state index contributed by atoms with van der Waals surface area (Å²) in [7, 11) is 0. The van der Waals surface area contributed by atoms with Gasteiger partial charge in [0, 0.05) is 61.9 Å². The van der Waals surface area contributed by atoms with Crippen LogP contribution >= 0.6 is 45.3 Å². The highest BCUT2D eigenvalue weighted by molar-refractivity contribution is 7.21. The number of halogens is 4. The average molecular weight is 525 g/mol. The Hall–Kier alpha value is -2.78. The Bertz CT molecular complexity index is 1870. The Morgan fingerprint density at radius 1 is 0.324 bits per heavy atom. The molecule has 164 valence electrons. The largest absolute Gasteiger partial charge is 0.195 e. The van der Waals surface area contributed by atoms with Crippen LogP contribution in [-0.2, 0) is 0 Å². The van der Waals surface area contributed by atoms with E-state index >= 15 is 0 Å². The highest BCUT2D eigenvalue weighted by Gasteiger charge is 2.19. The van der Waals surface area contributed by atoms with Crippen molar-refractivity contribution in [2.75, 3.05) is 0 Å². The molecule has 34 heavy (non-hydrogen) atoms. The fraction of sp³-hybridized carbons (Fsp3) is 0. The average Bonchev–Trinajstić information content (AvgIpc) is 3.56. The standard InChI is InChI=1S/C26H8F4S4/c27-19-5-15-16-6-20(28)32-24(16)12-3-10-4-14-13(2-9(10)1-11(12)23(15)31-19)25-17(7-21(29)33-25)18-8-22(30)34-26(14)18/h1-8H. The molecule has 8 aromatic rings. The van der Waals surface area contributed by atoms with Gasteiger partial charge in [-0.25, -0.2) is 0 Å². The molecule has 8 heteroatoms. The topological polar surface area (TPSA) is 0 Å². The van der Waals surface area contributed by atoms with Gasteiger partial charge in [0.15, 0.2) is 20.5 Å². The van der Waals surface area contributed by atoms with Crippen LogP contribution in [0.4, 0.5) is 17.6 Å². The van der Waals surface area contributed by atoms with Gasteiger partial charge in [-0.1, -0.05) is 0 Å². The van der Waals surface area contributed by atoms with Crippen LogP contribution in [0.1, 0.15) is 0 Å². The second kappa shape index (κ2) is 6.46. The van der Waals surface area contributed by atoms with Crippen molar-refractivity contribution in [3.05, 3.63) is 69.1 Å². The summed E-state index contributed by atoms with van der Waals surface area (Å²) < 4.78 is 60.3. The Labute approximate surface area is 203 Å². The first-order chi connectivity index (χ1) is 16.4. The molecule has 0 spiro atoms. The second-order valence-corrected chi connectivity index (χ2v) is 12.3. The normalized spacial score (nSPS) is 12.7. The molecule has 8 rings (SSSR count). The number of benzene rings is 4. The molecule has 0 bridgehead atoms. The molecule has 4 aromatic heterocycles. The lowest BCUT2D eigenvalue weighted by atomic mass is 9.96. The lowest BCUT2D eigenvalue weighted by Crippen LogP contribution is -1.81. The Morgan fingerprint density at radius 2 is 0.529 bits per heavy atom. The molecule has 0 saturated heterocycles. The van der Waals surface area contributed by atoms with Gasteiger partial charge in [0.2, 0.25) is 0 Å². The number of hydrogen-bond acceptors (Lipinski definition) is 4. The summed E-state index contributed by atoms with van der Waals surface area (Å²) in [6.07, 6.45) is 0. The molecule has 0 amide bonds. The second-order valence-electron chi connectivity index (χ2n) is 8.32. The molecule has 0 unspecified atom stereocenters. The third kappa shape index (κ3) is 2.46.